The van der Waals surface area contributed by atoms with Gasteiger partial charge in [0.1, 0.15) is 11.3 Å². The van der Waals surface area contributed by atoms with Crippen molar-refractivity contribution in [2.75, 3.05) is 13.2 Å². The number of esters is 1. The van der Waals surface area contributed by atoms with Gasteiger partial charge in [0.15, 0.2) is 6.61 Å². The zero-order chi connectivity index (χ0) is 21.5. The molecule has 0 radical (unpaired) electrons. The topological polar surface area (TPSA) is 99.5 Å². The molecule has 0 aliphatic heterocycles. The van der Waals surface area contributed by atoms with Crippen molar-refractivity contribution in [3.05, 3.63) is 71.9 Å². The number of alkyl carbamates (subject to hydrolysis) is 1. The van der Waals surface area contributed by atoms with Gasteiger partial charge in [-0.1, -0.05) is 42.5 Å². The van der Waals surface area contributed by atoms with E-state index in [0.717, 1.165) is 16.8 Å². The number of benzene rings is 2. The molecule has 0 atom stereocenters. The minimum absolute atomic E-state index is 0.122. The molecule has 154 valence electrons. The number of carbonyl (C=O) groups is 3. The Morgan fingerprint density at radius 3 is 2.40 bits per heavy atom. The standard InChI is InChI=1S/C22H21N3O5/c1-3-29-22(28)23-19(26)14-30-21(27)18-13-25(16-10-5-4-6-11-16)24-20(18)17-12-8-7-9-15(17)2/h4-13H,3,14H2,1-2H3,(H,23,26,28). The highest BCUT2D eigenvalue weighted by Crippen LogP contribution is 2.27. The monoisotopic (exact) mass is 407 g/mol. The van der Waals surface area contributed by atoms with Gasteiger partial charge in [-0.05, 0) is 31.5 Å². The van der Waals surface area contributed by atoms with Crippen LogP contribution in [0.2, 0.25) is 0 Å². The summed E-state index contributed by atoms with van der Waals surface area (Å²) in [6, 6.07) is 16.8. The second kappa shape index (κ2) is 9.51. The van der Waals surface area contributed by atoms with Crippen LogP contribution in [0, 0.1) is 6.92 Å². The summed E-state index contributed by atoms with van der Waals surface area (Å²) in [5.41, 5.74) is 3.12. The van der Waals surface area contributed by atoms with Crippen LogP contribution in [-0.2, 0) is 14.3 Å². The van der Waals surface area contributed by atoms with Crippen LogP contribution in [0.5, 0.6) is 0 Å². The van der Waals surface area contributed by atoms with E-state index in [1.807, 2.05) is 66.8 Å². The van der Waals surface area contributed by atoms with E-state index in [2.05, 4.69) is 9.84 Å². The normalized spacial score (nSPS) is 10.3. The highest BCUT2D eigenvalue weighted by Gasteiger charge is 2.22. The average Bonchev–Trinajstić information content (AvgIpc) is 3.18. The number of imide groups is 1. The Morgan fingerprint density at radius 2 is 1.70 bits per heavy atom. The van der Waals surface area contributed by atoms with Crippen LogP contribution in [0.3, 0.4) is 0 Å². The fraction of sp³-hybridized carbons (Fsp3) is 0.182. The molecule has 8 heteroatoms. The molecule has 0 aliphatic carbocycles. The third-order valence-electron chi connectivity index (χ3n) is 4.21. The van der Waals surface area contributed by atoms with Crippen LogP contribution >= 0.6 is 0 Å². The van der Waals surface area contributed by atoms with Crippen LogP contribution in [0.25, 0.3) is 16.9 Å². The third-order valence-corrected chi connectivity index (χ3v) is 4.21. The highest BCUT2D eigenvalue weighted by atomic mass is 16.6. The smallest absolute Gasteiger partial charge is 0.413 e. The van der Waals surface area contributed by atoms with Crippen LogP contribution < -0.4 is 5.32 Å². The second-order valence-electron chi connectivity index (χ2n) is 6.33. The van der Waals surface area contributed by atoms with Crippen molar-refractivity contribution in [1.29, 1.82) is 0 Å². The van der Waals surface area contributed by atoms with E-state index >= 15 is 0 Å². The van der Waals surface area contributed by atoms with Crippen LogP contribution in [0.1, 0.15) is 22.8 Å². The summed E-state index contributed by atoms with van der Waals surface area (Å²) in [6.45, 7) is 3.03. The molecule has 3 rings (SSSR count). The summed E-state index contributed by atoms with van der Waals surface area (Å²) in [7, 11) is 0. The van der Waals surface area contributed by atoms with Gasteiger partial charge >= 0.3 is 12.1 Å². The molecule has 0 unspecified atom stereocenters. The number of ether oxygens (including phenoxy) is 2. The number of aromatic nitrogens is 2. The Morgan fingerprint density at radius 1 is 1.00 bits per heavy atom. The van der Waals surface area contributed by atoms with Gasteiger partial charge < -0.3 is 9.47 Å². The molecule has 2 aromatic carbocycles. The first-order valence-electron chi connectivity index (χ1n) is 9.34. The molecule has 0 spiro atoms. The molecule has 0 saturated heterocycles. The predicted molar refractivity (Wildman–Crippen MR) is 109 cm³/mol. The summed E-state index contributed by atoms with van der Waals surface area (Å²) in [6.07, 6.45) is 0.666. The molecule has 3 aromatic rings. The van der Waals surface area contributed by atoms with Crippen molar-refractivity contribution < 1.29 is 23.9 Å². The zero-order valence-corrected chi connectivity index (χ0v) is 16.6. The molecule has 1 heterocycles. The first kappa shape index (κ1) is 20.8. The third kappa shape index (κ3) is 4.91. The Kier molecular flexibility index (Phi) is 6.59. The van der Waals surface area contributed by atoms with E-state index < -0.39 is 24.6 Å². The summed E-state index contributed by atoms with van der Waals surface area (Å²) in [5.74, 6) is -1.51. The molecule has 30 heavy (non-hydrogen) atoms. The van der Waals surface area contributed by atoms with E-state index in [1.54, 1.807) is 17.8 Å². The van der Waals surface area contributed by atoms with Gasteiger partial charge in [0.25, 0.3) is 5.91 Å². The van der Waals surface area contributed by atoms with Gasteiger partial charge in [-0.15, -0.1) is 0 Å². The maximum absolute atomic E-state index is 12.7. The summed E-state index contributed by atoms with van der Waals surface area (Å²) in [5, 5.41) is 6.55. The quantitative estimate of drug-likeness (QED) is 0.630. The maximum atomic E-state index is 12.7. The first-order chi connectivity index (χ1) is 14.5. The summed E-state index contributed by atoms with van der Waals surface area (Å²) >= 11 is 0. The summed E-state index contributed by atoms with van der Waals surface area (Å²) < 4.78 is 11.3. The lowest BCUT2D eigenvalue weighted by Gasteiger charge is -2.07. The molecule has 2 amide bonds. The molecule has 0 aliphatic rings. The van der Waals surface area contributed by atoms with Crippen LogP contribution in [0.15, 0.2) is 60.8 Å². The minimum atomic E-state index is -0.893. The highest BCUT2D eigenvalue weighted by molar-refractivity contribution is 5.99. The summed E-state index contributed by atoms with van der Waals surface area (Å²) in [4.78, 5) is 35.8. The lowest BCUT2D eigenvalue weighted by atomic mass is 10.0. The van der Waals surface area contributed by atoms with Gasteiger partial charge in [-0.2, -0.15) is 5.10 Å². The largest absolute Gasteiger partial charge is 0.452 e. The molecule has 1 N–H and O–H groups in total. The average molecular weight is 407 g/mol. The van der Waals surface area contributed by atoms with E-state index in [0.29, 0.717) is 5.69 Å². The lowest BCUT2D eigenvalue weighted by molar-refractivity contribution is -0.123. The van der Waals surface area contributed by atoms with Gasteiger partial charge in [0, 0.05) is 11.8 Å². The van der Waals surface area contributed by atoms with Crippen molar-refractivity contribution in [2.45, 2.75) is 13.8 Å². The zero-order valence-electron chi connectivity index (χ0n) is 16.6. The van der Waals surface area contributed by atoms with Gasteiger partial charge in [-0.3, -0.25) is 10.1 Å². The number of nitrogens with zero attached hydrogens (tertiary/aromatic N) is 2. The van der Waals surface area contributed by atoms with Gasteiger partial charge in [0.05, 0.1) is 12.3 Å². The lowest BCUT2D eigenvalue weighted by Crippen LogP contribution is -2.34. The number of amides is 2. The number of nitrogens with one attached hydrogen (secondary N) is 1. The van der Waals surface area contributed by atoms with Crippen molar-refractivity contribution in [1.82, 2.24) is 15.1 Å². The van der Waals surface area contributed by atoms with Crippen molar-refractivity contribution in [3.8, 4) is 16.9 Å². The number of hydrogen-bond acceptors (Lipinski definition) is 6. The SMILES string of the molecule is CCOC(=O)NC(=O)COC(=O)c1cn(-c2ccccc2)nc1-c1ccccc1C. The molecular formula is C22H21N3O5. The molecular weight excluding hydrogens is 386 g/mol. The molecule has 0 saturated carbocycles. The number of aryl methyl sites for hydroxylation is 1. The number of carbonyl (C=O) groups excluding carboxylic acids is 3. The van der Waals surface area contributed by atoms with Crippen molar-refractivity contribution in [2.24, 2.45) is 0 Å². The minimum Gasteiger partial charge on any atom is -0.452 e. The number of rotatable bonds is 6. The molecule has 0 fully saturated rings. The number of hydrogen-bond donors (Lipinski definition) is 1. The fourth-order valence-electron chi connectivity index (χ4n) is 2.80. The second-order valence-corrected chi connectivity index (χ2v) is 6.33. The first-order valence-corrected chi connectivity index (χ1v) is 9.34. The van der Waals surface area contributed by atoms with E-state index in [9.17, 15) is 14.4 Å². The van der Waals surface area contributed by atoms with Gasteiger partial charge in [-0.25, -0.2) is 14.3 Å². The van der Waals surface area contributed by atoms with Crippen molar-refractivity contribution >= 4 is 18.0 Å². The Labute approximate surface area is 173 Å². The predicted octanol–water partition coefficient (Wildman–Crippen LogP) is 3.28. The molecule has 8 nitrogen and oxygen atoms in total. The van der Waals surface area contributed by atoms with E-state index in [1.165, 1.54) is 0 Å². The maximum Gasteiger partial charge on any atom is 0.413 e. The Bertz CT molecular complexity index is 1060. The van der Waals surface area contributed by atoms with Crippen molar-refractivity contribution in [3.63, 3.8) is 0 Å². The van der Waals surface area contributed by atoms with Gasteiger partial charge in [0.2, 0.25) is 0 Å². The Balaban J connectivity index is 1.86. The molecule has 1 aromatic heterocycles. The van der Waals surface area contributed by atoms with E-state index in [-0.39, 0.29) is 12.2 Å². The van der Waals surface area contributed by atoms with Crippen LogP contribution in [-0.4, -0.2) is 41.0 Å². The fourth-order valence-corrected chi connectivity index (χ4v) is 2.80. The number of para-hydroxylation sites is 1. The van der Waals surface area contributed by atoms with E-state index in [4.69, 9.17) is 4.74 Å². The Hall–Kier alpha value is -3.94. The molecule has 0 bridgehead atoms. The van der Waals surface area contributed by atoms with Crippen LogP contribution in [0.4, 0.5) is 4.79 Å².